The van der Waals surface area contributed by atoms with Gasteiger partial charge in [-0.25, -0.2) is 0 Å². The monoisotopic (exact) mass is 277 g/mol. The van der Waals surface area contributed by atoms with Crippen molar-refractivity contribution in [2.45, 2.75) is 78.2 Å². The average Bonchev–Trinajstić information content (AvgIpc) is 3.16. The summed E-state index contributed by atoms with van der Waals surface area (Å²) in [6.45, 7) is 7.08. The van der Waals surface area contributed by atoms with Gasteiger partial charge >= 0.3 is 0 Å². The first-order valence-electron chi connectivity index (χ1n) is 8.72. The van der Waals surface area contributed by atoms with Gasteiger partial charge in [0, 0.05) is 12.5 Å². The second kappa shape index (κ2) is 5.35. The molecule has 0 heterocycles. The molecule has 20 heavy (non-hydrogen) atoms. The van der Waals surface area contributed by atoms with Crippen molar-refractivity contribution in [2.24, 2.45) is 29.1 Å². The van der Waals surface area contributed by atoms with Gasteiger partial charge in [0.05, 0.1) is 0 Å². The van der Waals surface area contributed by atoms with Crippen LogP contribution in [0.2, 0.25) is 0 Å². The molecule has 0 radical (unpaired) electrons. The summed E-state index contributed by atoms with van der Waals surface area (Å²) < 4.78 is 0. The van der Waals surface area contributed by atoms with E-state index in [1.165, 1.54) is 44.9 Å². The quantitative estimate of drug-likeness (QED) is 0.804. The molecular formula is C18H31NO. The molecule has 3 fully saturated rings. The predicted octanol–water partition coefficient (Wildman–Crippen LogP) is 4.14. The van der Waals surface area contributed by atoms with Gasteiger partial charge in [-0.1, -0.05) is 20.8 Å². The van der Waals surface area contributed by atoms with Crippen molar-refractivity contribution in [2.75, 3.05) is 0 Å². The molecule has 0 bridgehead atoms. The third kappa shape index (κ3) is 3.77. The van der Waals surface area contributed by atoms with Gasteiger partial charge < -0.3 is 5.32 Å². The van der Waals surface area contributed by atoms with E-state index in [4.69, 9.17) is 0 Å². The number of carbonyl (C=O) groups excluding carboxylic acids is 1. The Morgan fingerprint density at radius 1 is 1.15 bits per heavy atom. The molecule has 3 saturated carbocycles. The molecule has 0 aromatic rings. The molecule has 1 amide bonds. The smallest absolute Gasteiger partial charge is 0.220 e. The summed E-state index contributed by atoms with van der Waals surface area (Å²) in [5, 5.41) is 3.39. The first kappa shape index (κ1) is 14.4. The third-order valence-electron chi connectivity index (χ3n) is 5.54. The number of rotatable bonds is 5. The van der Waals surface area contributed by atoms with E-state index < -0.39 is 0 Å². The molecule has 3 aliphatic rings. The normalized spacial score (nSPS) is 33.2. The second-order valence-electron chi connectivity index (χ2n) is 8.75. The van der Waals surface area contributed by atoms with Gasteiger partial charge in [-0.2, -0.15) is 0 Å². The highest BCUT2D eigenvalue weighted by Crippen LogP contribution is 2.45. The highest BCUT2D eigenvalue weighted by Gasteiger charge is 2.42. The third-order valence-corrected chi connectivity index (χ3v) is 5.54. The van der Waals surface area contributed by atoms with Gasteiger partial charge in [0.15, 0.2) is 0 Å². The van der Waals surface area contributed by atoms with Crippen LogP contribution in [-0.2, 0) is 4.79 Å². The van der Waals surface area contributed by atoms with Crippen LogP contribution in [0.1, 0.15) is 72.1 Å². The first-order valence-corrected chi connectivity index (χ1v) is 8.72. The van der Waals surface area contributed by atoms with Crippen molar-refractivity contribution in [1.29, 1.82) is 0 Å². The molecule has 0 spiro atoms. The summed E-state index contributed by atoms with van der Waals surface area (Å²) in [6.07, 6.45) is 9.92. The van der Waals surface area contributed by atoms with Gasteiger partial charge in [0.2, 0.25) is 5.91 Å². The molecule has 3 rings (SSSR count). The van der Waals surface area contributed by atoms with Gasteiger partial charge in [0.25, 0.3) is 0 Å². The highest BCUT2D eigenvalue weighted by atomic mass is 16.1. The Morgan fingerprint density at radius 3 is 2.25 bits per heavy atom. The van der Waals surface area contributed by atoms with Crippen LogP contribution in [0, 0.1) is 29.1 Å². The Balaban J connectivity index is 1.50. The van der Waals surface area contributed by atoms with E-state index >= 15 is 0 Å². The lowest BCUT2D eigenvalue weighted by atomic mass is 9.67. The largest absolute Gasteiger partial charge is 0.353 e. The summed E-state index contributed by atoms with van der Waals surface area (Å²) in [5.74, 6) is 3.34. The van der Waals surface area contributed by atoms with Crippen molar-refractivity contribution in [3.8, 4) is 0 Å². The Morgan fingerprint density at radius 2 is 1.75 bits per heavy atom. The lowest BCUT2D eigenvalue weighted by Crippen LogP contribution is -2.40. The molecule has 0 aromatic heterocycles. The summed E-state index contributed by atoms with van der Waals surface area (Å²) in [7, 11) is 0. The topological polar surface area (TPSA) is 29.1 Å². The van der Waals surface area contributed by atoms with Crippen LogP contribution in [0.15, 0.2) is 0 Å². The molecule has 2 atom stereocenters. The fraction of sp³-hybridized carbons (Fsp3) is 0.944. The minimum atomic E-state index is 0.337. The minimum Gasteiger partial charge on any atom is -0.353 e. The maximum absolute atomic E-state index is 12.4. The molecule has 1 N–H and O–H groups in total. The van der Waals surface area contributed by atoms with Crippen molar-refractivity contribution >= 4 is 5.91 Å². The zero-order valence-corrected chi connectivity index (χ0v) is 13.5. The molecule has 3 aliphatic carbocycles. The maximum Gasteiger partial charge on any atom is 0.220 e. The van der Waals surface area contributed by atoms with Crippen molar-refractivity contribution in [1.82, 2.24) is 5.32 Å². The molecule has 0 aliphatic heterocycles. The molecule has 2 nitrogen and oxygen atoms in total. The average molecular weight is 277 g/mol. The zero-order chi connectivity index (χ0) is 14.3. The van der Waals surface area contributed by atoms with E-state index in [9.17, 15) is 4.79 Å². The van der Waals surface area contributed by atoms with Crippen LogP contribution < -0.4 is 5.32 Å². The van der Waals surface area contributed by atoms with E-state index in [1.54, 1.807) is 0 Å². The fourth-order valence-electron chi connectivity index (χ4n) is 4.74. The number of carbonyl (C=O) groups is 1. The second-order valence-corrected chi connectivity index (χ2v) is 8.75. The highest BCUT2D eigenvalue weighted by molar-refractivity contribution is 5.76. The van der Waals surface area contributed by atoms with Crippen LogP contribution in [-0.4, -0.2) is 11.9 Å². The Hall–Kier alpha value is -0.530. The lowest BCUT2D eigenvalue weighted by Gasteiger charge is -2.39. The SMILES string of the molecule is C[C@H]1C[C@@H](CC(=O)NC(C2CC2)C2CC2)CC(C)(C)C1. The standard InChI is InChI=1S/C18H31NO/c1-12-8-13(11-18(2,3)10-12)9-16(20)19-17(14-4-5-14)15-6-7-15/h12-15,17H,4-11H2,1-3H3,(H,19,20)/t12-,13-/m0/s1. The van der Waals surface area contributed by atoms with Crippen LogP contribution in [0.4, 0.5) is 0 Å². The fourth-order valence-corrected chi connectivity index (χ4v) is 4.74. The number of amides is 1. The van der Waals surface area contributed by atoms with Crippen molar-refractivity contribution in [3.05, 3.63) is 0 Å². The van der Waals surface area contributed by atoms with Crippen LogP contribution in [0.5, 0.6) is 0 Å². The molecule has 114 valence electrons. The van der Waals surface area contributed by atoms with Gasteiger partial charge in [0.1, 0.15) is 0 Å². The predicted molar refractivity (Wildman–Crippen MR) is 82.3 cm³/mol. The van der Waals surface area contributed by atoms with Gasteiger partial charge in [-0.3, -0.25) is 4.79 Å². The van der Waals surface area contributed by atoms with E-state index in [-0.39, 0.29) is 0 Å². The molecule has 2 heteroatoms. The number of nitrogens with one attached hydrogen (secondary N) is 1. The summed E-state index contributed by atoms with van der Waals surface area (Å²) >= 11 is 0. The number of hydrogen-bond donors (Lipinski definition) is 1. The van der Waals surface area contributed by atoms with E-state index in [2.05, 4.69) is 26.1 Å². The van der Waals surface area contributed by atoms with E-state index in [0.29, 0.717) is 23.3 Å². The van der Waals surface area contributed by atoms with Crippen LogP contribution in [0.3, 0.4) is 0 Å². The molecular weight excluding hydrogens is 246 g/mol. The Bertz CT molecular complexity index is 356. The Labute approximate surface area is 124 Å². The van der Waals surface area contributed by atoms with Gasteiger partial charge in [-0.05, 0) is 74.0 Å². The van der Waals surface area contributed by atoms with E-state index in [0.717, 1.165) is 24.2 Å². The van der Waals surface area contributed by atoms with Crippen LogP contribution >= 0.6 is 0 Å². The first-order chi connectivity index (χ1) is 9.43. The zero-order valence-electron chi connectivity index (χ0n) is 13.5. The van der Waals surface area contributed by atoms with E-state index in [1.807, 2.05) is 0 Å². The summed E-state index contributed by atoms with van der Waals surface area (Å²) in [4.78, 5) is 12.4. The lowest BCUT2D eigenvalue weighted by molar-refractivity contribution is -0.123. The summed E-state index contributed by atoms with van der Waals surface area (Å²) in [5.41, 5.74) is 0.426. The molecule has 0 aromatic carbocycles. The minimum absolute atomic E-state index is 0.337. The maximum atomic E-state index is 12.4. The van der Waals surface area contributed by atoms with Crippen molar-refractivity contribution < 1.29 is 4.79 Å². The Kier molecular flexibility index (Phi) is 3.85. The van der Waals surface area contributed by atoms with Gasteiger partial charge in [-0.15, -0.1) is 0 Å². The molecule has 0 saturated heterocycles. The van der Waals surface area contributed by atoms with Crippen molar-refractivity contribution in [3.63, 3.8) is 0 Å². The summed E-state index contributed by atoms with van der Waals surface area (Å²) in [6, 6.07) is 0.525. The van der Waals surface area contributed by atoms with Crippen LogP contribution in [0.25, 0.3) is 0 Å². The number of hydrogen-bond acceptors (Lipinski definition) is 1. The molecule has 0 unspecified atom stereocenters.